The number of hydrogen-bond acceptors (Lipinski definition) is 7. The van der Waals surface area contributed by atoms with E-state index < -0.39 is 0 Å². The second-order valence-corrected chi connectivity index (χ2v) is 7.80. The minimum absolute atomic E-state index is 0.381. The first-order valence-electron chi connectivity index (χ1n) is 10.6. The van der Waals surface area contributed by atoms with E-state index in [0.717, 1.165) is 65.9 Å². The quantitative estimate of drug-likeness (QED) is 0.640. The van der Waals surface area contributed by atoms with Crippen LogP contribution in [-0.4, -0.2) is 48.3 Å². The van der Waals surface area contributed by atoms with Crippen molar-refractivity contribution in [2.24, 2.45) is 0 Å². The molecular formula is C24H29N5O2. The fraction of sp³-hybridized carbons (Fsp3) is 0.375. The molecule has 0 amide bonds. The van der Waals surface area contributed by atoms with E-state index in [1.165, 1.54) is 0 Å². The van der Waals surface area contributed by atoms with Gasteiger partial charge in [0.15, 0.2) is 5.82 Å². The molecule has 7 nitrogen and oxygen atoms in total. The van der Waals surface area contributed by atoms with E-state index in [1.54, 1.807) is 20.4 Å². The molecule has 0 radical (unpaired) electrons. The van der Waals surface area contributed by atoms with Gasteiger partial charge in [-0.15, -0.1) is 0 Å². The third-order valence-corrected chi connectivity index (χ3v) is 5.77. The molecule has 0 bridgehead atoms. The van der Waals surface area contributed by atoms with Crippen molar-refractivity contribution in [3.63, 3.8) is 0 Å². The Hall–Kier alpha value is -3.35. The van der Waals surface area contributed by atoms with Gasteiger partial charge in [-0.2, -0.15) is 0 Å². The van der Waals surface area contributed by atoms with Gasteiger partial charge in [0, 0.05) is 60.5 Å². The fourth-order valence-electron chi connectivity index (χ4n) is 3.89. The Morgan fingerprint density at radius 3 is 2.29 bits per heavy atom. The Morgan fingerprint density at radius 2 is 1.68 bits per heavy atom. The van der Waals surface area contributed by atoms with E-state index in [-0.39, 0.29) is 0 Å². The van der Waals surface area contributed by atoms with Crippen LogP contribution >= 0.6 is 0 Å². The van der Waals surface area contributed by atoms with Crippen LogP contribution in [0.25, 0.3) is 11.5 Å². The average molecular weight is 420 g/mol. The SMILES string of the molecule is COc1cc(NC2CCN(c3nc(-c4ccccn4)nc(C)c3C)CC2)cc(OC)c1. The molecule has 3 heterocycles. The summed E-state index contributed by atoms with van der Waals surface area (Å²) in [7, 11) is 3.34. The topological polar surface area (TPSA) is 72.4 Å². The van der Waals surface area contributed by atoms with Crippen molar-refractivity contribution in [2.75, 3.05) is 37.5 Å². The molecule has 1 aromatic carbocycles. The molecule has 0 aliphatic carbocycles. The van der Waals surface area contributed by atoms with Crippen LogP contribution in [0.15, 0.2) is 42.6 Å². The van der Waals surface area contributed by atoms with Crippen LogP contribution in [0.2, 0.25) is 0 Å². The van der Waals surface area contributed by atoms with E-state index in [4.69, 9.17) is 14.5 Å². The van der Waals surface area contributed by atoms with Gasteiger partial charge in [-0.05, 0) is 38.8 Å². The van der Waals surface area contributed by atoms with Crippen molar-refractivity contribution in [3.05, 3.63) is 53.9 Å². The number of anilines is 2. The van der Waals surface area contributed by atoms with Gasteiger partial charge in [0.05, 0.1) is 14.2 Å². The lowest BCUT2D eigenvalue weighted by atomic mass is 10.0. The molecule has 2 aromatic heterocycles. The van der Waals surface area contributed by atoms with Crippen LogP contribution in [-0.2, 0) is 0 Å². The number of benzene rings is 1. The maximum Gasteiger partial charge on any atom is 0.180 e. The molecular weight excluding hydrogens is 390 g/mol. The first kappa shape index (κ1) is 20.9. The molecule has 0 spiro atoms. The molecule has 1 aliphatic heterocycles. The second kappa shape index (κ2) is 9.20. The number of rotatable bonds is 6. The van der Waals surface area contributed by atoms with Crippen LogP contribution in [0.5, 0.6) is 11.5 Å². The van der Waals surface area contributed by atoms with Gasteiger partial charge in [0.25, 0.3) is 0 Å². The van der Waals surface area contributed by atoms with E-state index in [2.05, 4.69) is 27.1 Å². The number of ether oxygens (including phenoxy) is 2. The number of methoxy groups -OCH3 is 2. The third-order valence-electron chi connectivity index (χ3n) is 5.77. The van der Waals surface area contributed by atoms with Gasteiger partial charge >= 0.3 is 0 Å². The molecule has 7 heteroatoms. The molecule has 3 aromatic rings. The molecule has 0 unspecified atom stereocenters. The standard InChI is InChI=1S/C24H29N5O2/c1-16-17(2)26-23(22-7-5-6-10-25-22)28-24(16)29-11-8-18(9-12-29)27-19-13-20(30-3)15-21(14-19)31-4/h5-7,10,13-15,18,27H,8-9,11-12H2,1-4H3. The van der Waals surface area contributed by atoms with Crippen LogP contribution in [0, 0.1) is 13.8 Å². The highest BCUT2D eigenvalue weighted by Crippen LogP contribution is 2.29. The molecule has 0 saturated carbocycles. The summed E-state index contributed by atoms with van der Waals surface area (Å²) in [5.74, 6) is 3.26. The zero-order chi connectivity index (χ0) is 21.8. The summed E-state index contributed by atoms with van der Waals surface area (Å²) in [5.41, 5.74) is 3.94. The zero-order valence-electron chi connectivity index (χ0n) is 18.6. The number of hydrogen-bond donors (Lipinski definition) is 1. The maximum absolute atomic E-state index is 5.39. The lowest BCUT2D eigenvalue weighted by Gasteiger charge is -2.34. The van der Waals surface area contributed by atoms with Crippen molar-refractivity contribution in [1.82, 2.24) is 15.0 Å². The second-order valence-electron chi connectivity index (χ2n) is 7.80. The highest BCUT2D eigenvalue weighted by Gasteiger charge is 2.23. The molecule has 31 heavy (non-hydrogen) atoms. The van der Waals surface area contributed by atoms with Crippen LogP contribution in [0.3, 0.4) is 0 Å². The highest BCUT2D eigenvalue weighted by molar-refractivity contribution is 5.58. The summed E-state index contributed by atoms with van der Waals surface area (Å²) in [5, 5.41) is 3.64. The largest absolute Gasteiger partial charge is 0.497 e. The molecule has 1 aliphatic rings. The average Bonchev–Trinajstić information content (AvgIpc) is 2.81. The molecule has 162 valence electrons. The van der Waals surface area contributed by atoms with Gasteiger partial charge in [-0.3, -0.25) is 4.98 Å². The molecule has 1 saturated heterocycles. The number of aromatic nitrogens is 3. The minimum atomic E-state index is 0.381. The number of nitrogens with one attached hydrogen (secondary N) is 1. The Labute approximate surface area is 183 Å². The predicted molar refractivity (Wildman–Crippen MR) is 123 cm³/mol. The van der Waals surface area contributed by atoms with E-state index >= 15 is 0 Å². The first-order chi connectivity index (χ1) is 15.1. The normalized spacial score (nSPS) is 14.4. The Bertz CT molecular complexity index is 1010. The first-order valence-corrected chi connectivity index (χ1v) is 10.6. The van der Waals surface area contributed by atoms with Crippen molar-refractivity contribution >= 4 is 11.5 Å². The predicted octanol–water partition coefficient (Wildman–Crippen LogP) is 4.25. The summed E-state index contributed by atoms with van der Waals surface area (Å²) < 4.78 is 10.8. The minimum Gasteiger partial charge on any atom is -0.497 e. The Kier molecular flexibility index (Phi) is 6.21. The monoisotopic (exact) mass is 419 g/mol. The smallest absolute Gasteiger partial charge is 0.180 e. The lowest BCUT2D eigenvalue weighted by molar-refractivity contribution is 0.394. The van der Waals surface area contributed by atoms with Crippen molar-refractivity contribution in [1.29, 1.82) is 0 Å². The highest BCUT2D eigenvalue weighted by atomic mass is 16.5. The van der Waals surface area contributed by atoms with Crippen LogP contribution in [0.4, 0.5) is 11.5 Å². The molecule has 1 N–H and O–H groups in total. The van der Waals surface area contributed by atoms with Gasteiger partial charge in [0.1, 0.15) is 23.0 Å². The van der Waals surface area contributed by atoms with Gasteiger partial charge in [-0.25, -0.2) is 9.97 Å². The molecule has 0 atom stereocenters. The summed E-state index contributed by atoms with van der Waals surface area (Å²) in [6.45, 7) is 5.99. The van der Waals surface area contributed by atoms with Crippen molar-refractivity contribution < 1.29 is 9.47 Å². The van der Waals surface area contributed by atoms with Crippen LogP contribution < -0.4 is 19.7 Å². The van der Waals surface area contributed by atoms with Crippen molar-refractivity contribution in [2.45, 2.75) is 32.7 Å². The Balaban J connectivity index is 1.47. The summed E-state index contributed by atoms with van der Waals surface area (Å²) >= 11 is 0. The van der Waals surface area contributed by atoms with Crippen LogP contribution in [0.1, 0.15) is 24.1 Å². The van der Waals surface area contributed by atoms with E-state index in [1.807, 2.05) is 43.3 Å². The molecule has 1 fully saturated rings. The zero-order valence-corrected chi connectivity index (χ0v) is 18.6. The Morgan fingerprint density at radius 1 is 0.968 bits per heavy atom. The third kappa shape index (κ3) is 4.71. The summed E-state index contributed by atoms with van der Waals surface area (Å²) in [6.07, 6.45) is 3.81. The number of aryl methyl sites for hydroxylation is 1. The lowest BCUT2D eigenvalue weighted by Crippen LogP contribution is -2.40. The number of nitrogens with zero attached hydrogens (tertiary/aromatic N) is 4. The maximum atomic E-state index is 5.39. The summed E-state index contributed by atoms with van der Waals surface area (Å²) in [6, 6.07) is 12.1. The van der Waals surface area contributed by atoms with E-state index in [0.29, 0.717) is 11.9 Å². The van der Waals surface area contributed by atoms with Crippen molar-refractivity contribution in [3.8, 4) is 23.0 Å². The van der Waals surface area contributed by atoms with Gasteiger partial charge in [0.2, 0.25) is 0 Å². The fourth-order valence-corrected chi connectivity index (χ4v) is 3.89. The number of piperidine rings is 1. The van der Waals surface area contributed by atoms with Gasteiger partial charge < -0.3 is 19.7 Å². The summed E-state index contributed by atoms with van der Waals surface area (Å²) in [4.78, 5) is 16.3. The van der Waals surface area contributed by atoms with E-state index in [9.17, 15) is 0 Å². The number of pyridine rings is 1. The molecule has 4 rings (SSSR count). The van der Waals surface area contributed by atoms with Gasteiger partial charge in [-0.1, -0.05) is 6.07 Å².